The number of rotatable bonds is 1. The topological polar surface area (TPSA) is 12.9 Å². The van der Waals surface area contributed by atoms with Crippen LogP contribution in [0.15, 0.2) is 36.7 Å². The number of nitrogens with zero attached hydrogens (tertiary/aromatic N) is 1. The summed E-state index contributed by atoms with van der Waals surface area (Å²) in [5.41, 5.74) is 1.51. The lowest BCUT2D eigenvalue weighted by Crippen LogP contribution is -2.04. The summed E-state index contributed by atoms with van der Waals surface area (Å²) in [6.07, 6.45) is 10.8. The van der Waals surface area contributed by atoms with Gasteiger partial charge in [-0.15, -0.1) is 0 Å². The van der Waals surface area contributed by atoms with Crippen LogP contribution in [0.2, 0.25) is 0 Å². The van der Waals surface area contributed by atoms with Gasteiger partial charge in [0.25, 0.3) is 0 Å². The number of aromatic nitrogens is 1. The zero-order valence-corrected chi connectivity index (χ0v) is 9.52. The third-order valence-corrected chi connectivity index (χ3v) is 3.74. The van der Waals surface area contributed by atoms with Crippen LogP contribution in [-0.2, 0) is 0 Å². The molecular weight excluding hydrogens is 194 g/mol. The molecule has 0 spiro atoms. The van der Waals surface area contributed by atoms with E-state index in [0.717, 1.165) is 5.92 Å². The molecule has 0 bridgehead atoms. The number of pyridine rings is 1. The highest BCUT2D eigenvalue weighted by Crippen LogP contribution is 2.33. The first-order valence-corrected chi connectivity index (χ1v) is 6.27. The third kappa shape index (κ3) is 1.82. The molecule has 82 valence electrons. The smallest absolute Gasteiger partial charge is 0.0346 e. The minimum absolute atomic E-state index is 0.790. The second kappa shape index (κ2) is 4.25. The van der Waals surface area contributed by atoms with Crippen LogP contribution < -0.4 is 0 Å². The van der Waals surface area contributed by atoms with Crippen molar-refractivity contribution in [3.05, 3.63) is 42.2 Å². The molecule has 2 aromatic rings. The van der Waals surface area contributed by atoms with Crippen molar-refractivity contribution in [2.45, 2.75) is 38.0 Å². The van der Waals surface area contributed by atoms with E-state index in [9.17, 15) is 0 Å². The van der Waals surface area contributed by atoms with Crippen LogP contribution in [0.5, 0.6) is 0 Å². The van der Waals surface area contributed by atoms with Crippen LogP contribution in [0, 0.1) is 0 Å². The fourth-order valence-corrected chi connectivity index (χ4v) is 2.79. The number of fused-ring (bicyclic) bond motifs is 1. The van der Waals surface area contributed by atoms with Crippen molar-refractivity contribution in [1.29, 1.82) is 0 Å². The molecule has 0 unspecified atom stereocenters. The number of hydrogen-bond acceptors (Lipinski definition) is 1. The first kappa shape index (κ1) is 9.83. The molecule has 1 fully saturated rings. The van der Waals surface area contributed by atoms with E-state index >= 15 is 0 Å². The van der Waals surface area contributed by atoms with Gasteiger partial charge in [0.2, 0.25) is 0 Å². The highest BCUT2D eigenvalue weighted by molar-refractivity contribution is 5.82. The SMILES string of the molecule is c1cc2ccc(C3CCCCC3)cc2cn1. The lowest BCUT2D eigenvalue weighted by Gasteiger charge is -2.22. The van der Waals surface area contributed by atoms with Crippen LogP contribution >= 0.6 is 0 Å². The van der Waals surface area contributed by atoms with Gasteiger partial charge in [-0.3, -0.25) is 4.98 Å². The Morgan fingerprint density at radius 1 is 0.938 bits per heavy atom. The average Bonchev–Trinajstić information content (AvgIpc) is 2.39. The Balaban J connectivity index is 1.97. The fourth-order valence-electron chi connectivity index (χ4n) is 2.79. The Morgan fingerprint density at radius 3 is 2.69 bits per heavy atom. The largest absolute Gasteiger partial charge is 0.264 e. The molecule has 1 aromatic heterocycles. The number of hydrogen-bond donors (Lipinski definition) is 0. The lowest BCUT2D eigenvalue weighted by molar-refractivity contribution is 0.444. The van der Waals surface area contributed by atoms with Gasteiger partial charge < -0.3 is 0 Å². The molecule has 0 radical (unpaired) electrons. The van der Waals surface area contributed by atoms with Crippen LogP contribution in [0.4, 0.5) is 0 Å². The molecule has 0 N–H and O–H groups in total. The standard InChI is InChI=1S/C15H17N/c1-2-4-12(5-3-1)14-7-6-13-8-9-16-11-15(13)10-14/h6-12H,1-5H2. The maximum atomic E-state index is 4.20. The summed E-state index contributed by atoms with van der Waals surface area (Å²) in [7, 11) is 0. The molecule has 0 saturated heterocycles. The van der Waals surface area contributed by atoms with Crippen LogP contribution in [0.3, 0.4) is 0 Å². The van der Waals surface area contributed by atoms with Gasteiger partial charge in [0, 0.05) is 17.8 Å². The molecule has 1 aliphatic rings. The Hall–Kier alpha value is -1.37. The Bertz CT molecular complexity index is 484. The van der Waals surface area contributed by atoms with Gasteiger partial charge in [-0.1, -0.05) is 31.4 Å². The lowest BCUT2D eigenvalue weighted by atomic mass is 9.83. The highest BCUT2D eigenvalue weighted by atomic mass is 14.6. The summed E-state index contributed by atoms with van der Waals surface area (Å²) in [6, 6.07) is 8.96. The quantitative estimate of drug-likeness (QED) is 0.686. The Kier molecular flexibility index (Phi) is 2.61. The average molecular weight is 211 g/mol. The fraction of sp³-hybridized carbons (Fsp3) is 0.400. The van der Waals surface area contributed by atoms with Crippen LogP contribution in [-0.4, -0.2) is 4.98 Å². The first-order valence-electron chi connectivity index (χ1n) is 6.27. The normalized spacial score (nSPS) is 17.8. The third-order valence-electron chi connectivity index (χ3n) is 3.74. The van der Waals surface area contributed by atoms with Crippen molar-refractivity contribution < 1.29 is 0 Å². The van der Waals surface area contributed by atoms with Crippen LogP contribution in [0.1, 0.15) is 43.6 Å². The summed E-state index contributed by atoms with van der Waals surface area (Å²) in [4.78, 5) is 4.20. The minimum atomic E-state index is 0.790. The van der Waals surface area contributed by atoms with Crippen molar-refractivity contribution in [2.75, 3.05) is 0 Å². The van der Waals surface area contributed by atoms with E-state index in [1.165, 1.54) is 48.4 Å². The van der Waals surface area contributed by atoms with E-state index in [-0.39, 0.29) is 0 Å². The Morgan fingerprint density at radius 2 is 1.81 bits per heavy atom. The van der Waals surface area contributed by atoms with Crippen molar-refractivity contribution in [3.63, 3.8) is 0 Å². The molecule has 1 aromatic carbocycles. The maximum absolute atomic E-state index is 4.20. The molecule has 1 saturated carbocycles. The summed E-state index contributed by atoms with van der Waals surface area (Å²) >= 11 is 0. The molecule has 0 aliphatic heterocycles. The molecule has 1 heterocycles. The predicted octanol–water partition coefficient (Wildman–Crippen LogP) is 4.28. The van der Waals surface area contributed by atoms with Crippen molar-refractivity contribution >= 4 is 10.8 Å². The van der Waals surface area contributed by atoms with Crippen molar-refractivity contribution in [1.82, 2.24) is 4.98 Å². The summed E-state index contributed by atoms with van der Waals surface area (Å²) in [5.74, 6) is 0.790. The van der Waals surface area contributed by atoms with Gasteiger partial charge in [-0.25, -0.2) is 0 Å². The first-order chi connectivity index (χ1) is 7.93. The zero-order valence-electron chi connectivity index (χ0n) is 9.52. The molecule has 1 heteroatoms. The van der Waals surface area contributed by atoms with E-state index in [1.54, 1.807) is 0 Å². The summed E-state index contributed by atoms with van der Waals surface area (Å²) < 4.78 is 0. The second-order valence-electron chi connectivity index (χ2n) is 4.82. The van der Waals surface area contributed by atoms with Crippen LogP contribution in [0.25, 0.3) is 10.8 Å². The van der Waals surface area contributed by atoms with E-state index < -0.39 is 0 Å². The van der Waals surface area contributed by atoms with Crippen molar-refractivity contribution in [3.8, 4) is 0 Å². The molecule has 0 atom stereocenters. The molecule has 1 aliphatic carbocycles. The van der Waals surface area contributed by atoms with Gasteiger partial charge in [0.05, 0.1) is 0 Å². The Labute approximate surface area is 96.5 Å². The molecular formula is C15H17N. The zero-order chi connectivity index (χ0) is 10.8. The summed E-state index contributed by atoms with van der Waals surface area (Å²) in [6.45, 7) is 0. The number of benzene rings is 1. The van der Waals surface area contributed by atoms with Gasteiger partial charge in [0.15, 0.2) is 0 Å². The monoisotopic (exact) mass is 211 g/mol. The molecule has 1 nitrogen and oxygen atoms in total. The van der Waals surface area contributed by atoms with Gasteiger partial charge in [-0.05, 0) is 41.8 Å². The van der Waals surface area contributed by atoms with E-state index in [4.69, 9.17) is 0 Å². The predicted molar refractivity (Wildman–Crippen MR) is 67.6 cm³/mol. The van der Waals surface area contributed by atoms with E-state index in [2.05, 4.69) is 29.2 Å². The van der Waals surface area contributed by atoms with Gasteiger partial charge in [-0.2, -0.15) is 0 Å². The molecule has 3 rings (SSSR count). The molecule has 16 heavy (non-hydrogen) atoms. The van der Waals surface area contributed by atoms with Crippen molar-refractivity contribution in [2.24, 2.45) is 0 Å². The molecule has 0 amide bonds. The minimum Gasteiger partial charge on any atom is -0.264 e. The second-order valence-corrected chi connectivity index (χ2v) is 4.82. The van der Waals surface area contributed by atoms with E-state index in [1.807, 2.05) is 12.4 Å². The summed E-state index contributed by atoms with van der Waals surface area (Å²) in [5, 5.41) is 2.58. The van der Waals surface area contributed by atoms with Gasteiger partial charge >= 0.3 is 0 Å². The van der Waals surface area contributed by atoms with E-state index in [0.29, 0.717) is 0 Å². The maximum Gasteiger partial charge on any atom is 0.0346 e. The highest BCUT2D eigenvalue weighted by Gasteiger charge is 2.15. The van der Waals surface area contributed by atoms with Gasteiger partial charge in [0.1, 0.15) is 0 Å².